The minimum absolute atomic E-state index is 0.00981. The van der Waals surface area contributed by atoms with Crippen LogP contribution in [0, 0.1) is 12.3 Å². The van der Waals surface area contributed by atoms with Gasteiger partial charge in [-0.3, -0.25) is 9.59 Å². The minimum Gasteiger partial charge on any atom is -0.493 e. The number of amides is 1. The molecular weight excluding hydrogens is 684 g/mol. The molecule has 0 aliphatic carbocycles. The first-order valence-electron chi connectivity index (χ1n) is 18.4. The summed E-state index contributed by atoms with van der Waals surface area (Å²) in [5, 5.41) is 6.23. The molecule has 1 amide bonds. The average molecular weight is 733 g/mol. The second-order valence-electron chi connectivity index (χ2n) is 14.5. The first-order valence-corrected chi connectivity index (χ1v) is 18.4. The van der Waals surface area contributed by atoms with Gasteiger partial charge < -0.3 is 44.6 Å². The second kappa shape index (κ2) is 16.4. The van der Waals surface area contributed by atoms with E-state index in [1.807, 2.05) is 96.7 Å². The highest BCUT2D eigenvalue weighted by atomic mass is 16.6. The Hall–Kier alpha value is -5.20. The summed E-state index contributed by atoms with van der Waals surface area (Å²) in [5.74, 6) is 0.755. The van der Waals surface area contributed by atoms with Crippen LogP contribution in [0.25, 0.3) is 22.3 Å². The van der Waals surface area contributed by atoms with E-state index in [-0.39, 0.29) is 22.5 Å². The molecular formula is C43H48N4O7. The number of anilines is 1. The van der Waals surface area contributed by atoms with Gasteiger partial charge in [0.15, 0.2) is 11.5 Å². The normalized spacial score (nSPS) is 19.6. The molecule has 1 unspecified atom stereocenters. The van der Waals surface area contributed by atoms with E-state index < -0.39 is 12.1 Å². The number of nitrogens with two attached hydrogens (primary N) is 1. The maximum atomic E-state index is 13.9. The molecule has 2 atom stereocenters. The molecule has 3 aliphatic rings. The molecule has 4 aromatic rings. The van der Waals surface area contributed by atoms with Crippen LogP contribution in [0.1, 0.15) is 46.8 Å². The maximum absolute atomic E-state index is 13.9. The summed E-state index contributed by atoms with van der Waals surface area (Å²) in [5.41, 5.74) is 12.8. The zero-order valence-electron chi connectivity index (χ0n) is 31.1. The van der Waals surface area contributed by atoms with Gasteiger partial charge in [0.1, 0.15) is 24.4 Å². The summed E-state index contributed by atoms with van der Waals surface area (Å²) >= 11 is 0. The Bertz CT molecular complexity index is 2080. The van der Waals surface area contributed by atoms with Gasteiger partial charge in [-0.1, -0.05) is 55.0 Å². The van der Waals surface area contributed by atoms with Crippen molar-refractivity contribution in [2.75, 3.05) is 52.1 Å². The number of allylic oxidation sites excluding steroid dienone is 2. The molecule has 2 saturated heterocycles. The van der Waals surface area contributed by atoms with E-state index in [2.05, 4.69) is 17.6 Å². The highest BCUT2D eigenvalue weighted by molar-refractivity contribution is 6.04. The summed E-state index contributed by atoms with van der Waals surface area (Å²) in [6.07, 6.45) is 8.71. The van der Waals surface area contributed by atoms with Crippen LogP contribution in [0.3, 0.4) is 0 Å². The highest BCUT2D eigenvalue weighted by Crippen LogP contribution is 2.35. The lowest BCUT2D eigenvalue weighted by Crippen LogP contribution is -2.36. The van der Waals surface area contributed by atoms with Crippen molar-refractivity contribution in [1.82, 2.24) is 9.88 Å². The van der Waals surface area contributed by atoms with E-state index in [9.17, 15) is 9.59 Å². The summed E-state index contributed by atoms with van der Waals surface area (Å²) in [6, 6.07) is 21.0. The Morgan fingerprint density at radius 1 is 0.944 bits per heavy atom. The second-order valence-corrected chi connectivity index (χ2v) is 14.5. The van der Waals surface area contributed by atoms with Crippen LogP contribution in [0.4, 0.5) is 5.69 Å². The number of benzene rings is 3. The first-order chi connectivity index (χ1) is 26.2. The molecule has 3 aliphatic heterocycles. The van der Waals surface area contributed by atoms with Gasteiger partial charge in [0.05, 0.1) is 26.9 Å². The van der Waals surface area contributed by atoms with Crippen LogP contribution < -0.4 is 31.3 Å². The number of nitrogens with one attached hydrogen (secondary N) is 2. The summed E-state index contributed by atoms with van der Waals surface area (Å²) in [4.78, 5) is 27.7. The maximum Gasteiger partial charge on any atom is 0.261 e. The average Bonchev–Trinajstić information content (AvgIpc) is 3.19. The van der Waals surface area contributed by atoms with Crippen LogP contribution in [0.15, 0.2) is 96.2 Å². The van der Waals surface area contributed by atoms with Gasteiger partial charge in [0.2, 0.25) is 5.43 Å². The van der Waals surface area contributed by atoms with Crippen LogP contribution in [-0.2, 0) is 20.8 Å². The molecule has 11 nitrogen and oxygen atoms in total. The fourth-order valence-corrected chi connectivity index (χ4v) is 7.01. The highest BCUT2D eigenvalue weighted by Gasteiger charge is 2.29. The molecule has 4 N–H and O–H groups in total. The number of carbonyl (C=O) groups is 1. The van der Waals surface area contributed by atoms with Crippen molar-refractivity contribution >= 4 is 22.7 Å². The number of pyridine rings is 1. The van der Waals surface area contributed by atoms with E-state index in [1.54, 1.807) is 13.3 Å². The molecule has 11 heteroatoms. The monoisotopic (exact) mass is 732 g/mol. The first kappa shape index (κ1) is 37.1. The third-order valence-corrected chi connectivity index (χ3v) is 10.3. The SMILES string of the molecule is COc1cc(C2=CNC(N)C(c3ccc(NC(=O)c4cn(CC5(C)CCOCC5)cc(-c5ccc(C)cc5)c4=O)cc3)=C2)ccc1OC[C@H]1COCCO1. The Balaban J connectivity index is 1.09. The lowest BCUT2D eigenvalue weighted by Gasteiger charge is -2.34. The molecule has 0 bridgehead atoms. The smallest absolute Gasteiger partial charge is 0.261 e. The van der Waals surface area contributed by atoms with Crippen LogP contribution >= 0.6 is 0 Å². The Kier molecular flexibility index (Phi) is 11.3. The van der Waals surface area contributed by atoms with E-state index in [0.29, 0.717) is 68.9 Å². The number of carbonyl (C=O) groups excluding carboxylic acids is 1. The zero-order valence-corrected chi connectivity index (χ0v) is 31.1. The largest absolute Gasteiger partial charge is 0.493 e. The van der Waals surface area contributed by atoms with Crippen molar-refractivity contribution in [3.63, 3.8) is 0 Å². The van der Waals surface area contributed by atoms with Crippen molar-refractivity contribution < 1.29 is 28.5 Å². The third kappa shape index (κ3) is 8.61. The number of aromatic nitrogens is 1. The van der Waals surface area contributed by atoms with E-state index in [4.69, 9.17) is 29.4 Å². The van der Waals surface area contributed by atoms with Crippen molar-refractivity contribution in [2.45, 2.75) is 45.5 Å². The molecule has 1 aromatic heterocycles. The molecule has 0 spiro atoms. The molecule has 0 saturated carbocycles. The number of aryl methyl sites for hydroxylation is 1. The molecule has 3 aromatic carbocycles. The van der Waals surface area contributed by atoms with Gasteiger partial charge in [-0.15, -0.1) is 0 Å². The van der Waals surface area contributed by atoms with E-state index >= 15 is 0 Å². The predicted molar refractivity (Wildman–Crippen MR) is 210 cm³/mol. The van der Waals surface area contributed by atoms with Gasteiger partial charge >= 0.3 is 0 Å². The predicted octanol–water partition coefficient (Wildman–Crippen LogP) is 6.01. The number of hydrogen-bond acceptors (Lipinski definition) is 9. The number of hydrogen-bond donors (Lipinski definition) is 3. The third-order valence-electron chi connectivity index (χ3n) is 10.3. The summed E-state index contributed by atoms with van der Waals surface area (Å²) in [7, 11) is 1.61. The van der Waals surface area contributed by atoms with Gasteiger partial charge in [0.25, 0.3) is 5.91 Å². The van der Waals surface area contributed by atoms with Gasteiger partial charge in [-0.05, 0) is 83.4 Å². The minimum atomic E-state index is -0.464. The Labute approximate surface area is 315 Å². The van der Waals surface area contributed by atoms with E-state index in [1.165, 1.54) is 0 Å². The molecule has 282 valence electrons. The van der Waals surface area contributed by atoms with Crippen LogP contribution in [0.5, 0.6) is 11.5 Å². The molecule has 4 heterocycles. The van der Waals surface area contributed by atoms with Crippen molar-refractivity contribution in [3.05, 3.63) is 124 Å². The molecule has 0 radical (unpaired) electrons. The number of ether oxygens (including phenoxy) is 5. The fraction of sp³-hybridized carbons (Fsp3) is 0.349. The summed E-state index contributed by atoms with van der Waals surface area (Å²) in [6.45, 7) is 8.32. The summed E-state index contributed by atoms with van der Waals surface area (Å²) < 4.78 is 30.4. The number of rotatable bonds is 11. The Morgan fingerprint density at radius 2 is 1.69 bits per heavy atom. The fourth-order valence-electron chi connectivity index (χ4n) is 7.01. The Morgan fingerprint density at radius 3 is 2.41 bits per heavy atom. The van der Waals surface area contributed by atoms with Gasteiger partial charge in [-0.2, -0.15) is 0 Å². The number of nitrogens with zero attached hydrogens (tertiary/aromatic N) is 1. The number of methoxy groups -OCH3 is 1. The van der Waals surface area contributed by atoms with Crippen LogP contribution in [0.2, 0.25) is 0 Å². The molecule has 2 fully saturated rings. The van der Waals surface area contributed by atoms with Crippen LogP contribution in [-0.4, -0.2) is 69.5 Å². The van der Waals surface area contributed by atoms with E-state index in [0.717, 1.165) is 46.2 Å². The molecule has 7 rings (SSSR count). The number of dihydropyridines is 1. The standard InChI is InChI=1S/C43H48N4O7/c1-28-4-6-30(7-5-28)36-23-47(27-43(2)14-16-51-17-15-43)24-37(40(36)48)42(49)46-33-11-8-29(9-12-33)35-20-32(22-45-41(35)44)31-10-13-38(39(21-31)50-3)54-26-34-25-52-18-19-53-34/h4-13,20-24,34,41,45H,14-19,25-27,44H2,1-3H3,(H,46,49)/t34-,41?/m1/s1. The van der Waals surface area contributed by atoms with Crippen molar-refractivity contribution in [3.8, 4) is 22.6 Å². The lowest BCUT2D eigenvalue weighted by molar-refractivity contribution is -0.101. The van der Waals surface area contributed by atoms with Crippen molar-refractivity contribution in [2.24, 2.45) is 11.1 Å². The van der Waals surface area contributed by atoms with Gasteiger partial charge in [0, 0.05) is 49.6 Å². The van der Waals surface area contributed by atoms with Gasteiger partial charge in [-0.25, -0.2) is 0 Å². The zero-order chi connectivity index (χ0) is 37.7. The lowest BCUT2D eigenvalue weighted by atomic mass is 9.82. The molecule has 54 heavy (non-hydrogen) atoms. The topological polar surface area (TPSA) is 135 Å². The quantitative estimate of drug-likeness (QED) is 0.170. The van der Waals surface area contributed by atoms with Crippen molar-refractivity contribution in [1.29, 1.82) is 0 Å².